The second-order valence-corrected chi connectivity index (χ2v) is 10.1. The van der Waals surface area contributed by atoms with Crippen LogP contribution in [0.2, 0.25) is 0 Å². The predicted octanol–water partition coefficient (Wildman–Crippen LogP) is 2.32. The Morgan fingerprint density at radius 3 is 2.16 bits per heavy atom. The first-order chi connectivity index (χ1) is 11.9. The molecule has 4 nitrogen and oxygen atoms in total. The molecule has 25 heavy (non-hydrogen) atoms. The van der Waals surface area contributed by atoms with Gasteiger partial charge in [-0.05, 0) is 62.4 Å². The van der Waals surface area contributed by atoms with E-state index < -0.39 is 21.7 Å². The highest BCUT2D eigenvalue weighted by Crippen LogP contribution is 2.49. The number of fused-ring (bicyclic) bond motifs is 2. The van der Waals surface area contributed by atoms with Gasteiger partial charge < -0.3 is 0 Å². The molecule has 4 saturated heterocycles. The number of sulfonamides is 1. The SMILES string of the molecule is O=S(=O)(C1CC1)N1C[C@H](c2cc(F)cc(F)c2)[C@@H]2[C@H]1C1CCN2CC1. The van der Waals surface area contributed by atoms with Crippen molar-refractivity contribution in [1.82, 2.24) is 9.21 Å². The zero-order valence-corrected chi connectivity index (χ0v) is 14.8. The summed E-state index contributed by atoms with van der Waals surface area (Å²) in [6.07, 6.45) is 3.51. The summed E-state index contributed by atoms with van der Waals surface area (Å²) < 4.78 is 55.3. The maximum Gasteiger partial charge on any atom is 0.217 e. The number of rotatable bonds is 3. The highest BCUT2D eigenvalue weighted by Gasteiger charge is 2.58. The number of piperidine rings is 3. The highest BCUT2D eigenvalue weighted by atomic mass is 32.2. The first kappa shape index (κ1) is 16.1. The molecule has 0 spiro atoms. The largest absolute Gasteiger partial charge is 0.298 e. The van der Waals surface area contributed by atoms with E-state index in [-0.39, 0.29) is 23.3 Å². The summed E-state index contributed by atoms with van der Waals surface area (Å²) in [6.45, 7) is 2.26. The van der Waals surface area contributed by atoms with Gasteiger partial charge in [0.05, 0.1) is 5.25 Å². The lowest BCUT2D eigenvalue weighted by Gasteiger charge is -2.51. The van der Waals surface area contributed by atoms with Gasteiger partial charge in [0, 0.05) is 30.6 Å². The lowest BCUT2D eigenvalue weighted by molar-refractivity contribution is 0.0122. The van der Waals surface area contributed by atoms with Crippen LogP contribution in [0.3, 0.4) is 0 Å². The monoisotopic (exact) mass is 368 g/mol. The molecule has 7 heteroatoms. The van der Waals surface area contributed by atoms with Gasteiger partial charge in [0.15, 0.2) is 0 Å². The van der Waals surface area contributed by atoms with Crippen molar-refractivity contribution in [3.8, 4) is 0 Å². The lowest BCUT2D eigenvalue weighted by atomic mass is 9.75. The summed E-state index contributed by atoms with van der Waals surface area (Å²) in [7, 11) is -3.30. The molecule has 6 rings (SSSR count). The Labute approximate surface area is 146 Å². The summed E-state index contributed by atoms with van der Waals surface area (Å²) in [6, 6.07) is 3.64. The number of nitrogens with zero attached hydrogens (tertiary/aromatic N) is 2. The molecule has 4 aliphatic heterocycles. The third-order valence-corrected chi connectivity index (χ3v) is 8.90. The molecule has 4 heterocycles. The molecule has 3 atom stereocenters. The zero-order valence-electron chi connectivity index (χ0n) is 13.9. The van der Waals surface area contributed by atoms with Gasteiger partial charge in [-0.15, -0.1) is 0 Å². The van der Waals surface area contributed by atoms with Crippen LogP contribution in [0.4, 0.5) is 8.78 Å². The molecule has 0 aromatic heterocycles. The van der Waals surface area contributed by atoms with Crippen LogP contribution < -0.4 is 0 Å². The van der Waals surface area contributed by atoms with Crippen LogP contribution in [-0.2, 0) is 10.0 Å². The van der Waals surface area contributed by atoms with Crippen LogP contribution in [0.15, 0.2) is 18.2 Å². The van der Waals surface area contributed by atoms with Gasteiger partial charge in [-0.2, -0.15) is 4.31 Å². The van der Waals surface area contributed by atoms with Gasteiger partial charge in [0.2, 0.25) is 10.0 Å². The predicted molar refractivity (Wildman–Crippen MR) is 89.6 cm³/mol. The van der Waals surface area contributed by atoms with Gasteiger partial charge >= 0.3 is 0 Å². The molecule has 2 bridgehead atoms. The Bertz CT molecular complexity index is 783. The normalized spacial score (nSPS) is 38.1. The van der Waals surface area contributed by atoms with Crippen molar-refractivity contribution >= 4 is 10.0 Å². The van der Waals surface area contributed by atoms with Gasteiger partial charge in [-0.25, -0.2) is 17.2 Å². The van der Waals surface area contributed by atoms with Crippen LogP contribution in [-0.4, -0.2) is 54.6 Å². The molecule has 1 saturated carbocycles. The minimum atomic E-state index is -3.30. The van der Waals surface area contributed by atoms with E-state index in [0.717, 1.165) is 44.8 Å². The van der Waals surface area contributed by atoms with E-state index in [1.165, 1.54) is 12.1 Å². The molecular formula is C18H22F2N2O2S. The Morgan fingerprint density at radius 2 is 1.56 bits per heavy atom. The fourth-order valence-electron chi connectivity index (χ4n) is 5.30. The Balaban J connectivity index is 1.58. The van der Waals surface area contributed by atoms with Crippen molar-refractivity contribution < 1.29 is 17.2 Å². The summed E-state index contributed by atoms with van der Waals surface area (Å²) in [5, 5.41) is -0.244. The molecule has 5 aliphatic rings. The summed E-state index contributed by atoms with van der Waals surface area (Å²) in [4.78, 5) is 2.35. The standard InChI is InChI=1S/C18H22F2N2O2S/c19-13-7-12(8-14(20)9-13)16-10-22(25(23,24)15-1-2-15)17-11-3-5-21(6-4-11)18(16)17/h7-9,11,15-18H,1-6,10H2/t16-,17-,18-/m1/s1. The minimum Gasteiger partial charge on any atom is -0.298 e. The van der Waals surface area contributed by atoms with E-state index in [2.05, 4.69) is 4.90 Å². The molecule has 1 aromatic rings. The number of halogens is 2. The van der Waals surface area contributed by atoms with E-state index >= 15 is 0 Å². The van der Waals surface area contributed by atoms with Crippen molar-refractivity contribution in [2.45, 2.75) is 48.9 Å². The van der Waals surface area contributed by atoms with E-state index in [1.54, 1.807) is 4.31 Å². The van der Waals surface area contributed by atoms with Crippen LogP contribution in [0.5, 0.6) is 0 Å². The average molecular weight is 368 g/mol. The summed E-state index contributed by atoms with van der Waals surface area (Å²) in [5.41, 5.74) is 0.591. The molecule has 0 N–H and O–H groups in total. The van der Waals surface area contributed by atoms with Gasteiger partial charge in [0.25, 0.3) is 0 Å². The molecule has 5 fully saturated rings. The molecule has 0 unspecified atom stereocenters. The van der Waals surface area contributed by atoms with Crippen molar-refractivity contribution in [3.63, 3.8) is 0 Å². The Kier molecular flexibility index (Phi) is 3.53. The van der Waals surface area contributed by atoms with E-state index in [9.17, 15) is 17.2 Å². The van der Waals surface area contributed by atoms with Crippen molar-refractivity contribution in [3.05, 3.63) is 35.4 Å². The average Bonchev–Trinajstić information content (AvgIpc) is 3.34. The minimum absolute atomic E-state index is 0.0376. The van der Waals surface area contributed by atoms with Crippen LogP contribution >= 0.6 is 0 Å². The van der Waals surface area contributed by atoms with Gasteiger partial charge in [0.1, 0.15) is 11.6 Å². The van der Waals surface area contributed by atoms with E-state index in [1.807, 2.05) is 0 Å². The third-order valence-electron chi connectivity index (χ3n) is 6.54. The summed E-state index contributed by atoms with van der Waals surface area (Å²) in [5.74, 6) is -0.976. The van der Waals surface area contributed by atoms with Crippen LogP contribution in [0, 0.1) is 17.6 Å². The van der Waals surface area contributed by atoms with E-state index in [0.29, 0.717) is 18.0 Å². The number of hydrogen-bond donors (Lipinski definition) is 0. The number of benzene rings is 1. The smallest absolute Gasteiger partial charge is 0.217 e. The first-order valence-electron chi connectivity index (χ1n) is 9.16. The van der Waals surface area contributed by atoms with E-state index in [4.69, 9.17) is 0 Å². The third kappa shape index (κ3) is 2.46. The molecule has 1 aliphatic carbocycles. The van der Waals surface area contributed by atoms with Crippen molar-refractivity contribution in [2.75, 3.05) is 19.6 Å². The Morgan fingerprint density at radius 1 is 0.920 bits per heavy atom. The fourth-order valence-corrected chi connectivity index (χ4v) is 7.42. The molecule has 0 radical (unpaired) electrons. The molecule has 1 aromatic carbocycles. The van der Waals surface area contributed by atoms with Crippen LogP contribution in [0.1, 0.15) is 37.2 Å². The van der Waals surface area contributed by atoms with Crippen LogP contribution in [0.25, 0.3) is 0 Å². The quantitative estimate of drug-likeness (QED) is 0.822. The first-order valence-corrected chi connectivity index (χ1v) is 10.7. The fraction of sp³-hybridized carbons (Fsp3) is 0.667. The number of hydrogen-bond acceptors (Lipinski definition) is 3. The maximum atomic E-state index is 13.8. The maximum absolute atomic E-state index is 13.8. The molecule has 0 amide bonds. The Hall–Kier alpha value is -1.05. The lowest BCUT2D eigenvalue weighted by Crippen LogP contribution is -2.61. The molecule has 136 valence electrons. The second-order valence-electron chi connectivity index (χ2n) is 7.98. The topological polar surface area (TPSA) is 40.6 Å². The highest BCUT2D eigenvalue weighted by molar-refractivity contribution is 7.90. The van der Waals surface area contributed by atoms with Crippen molar-refractivity contribution in [1.29, 1.82) is 0 Å². The summed E-state index contributed by atoms with van der Waals surface area (Å²) >= 11 is 0. The van der Waals surface area contributed by atoms with Gasteiger partial charge in [-0.1, -0.05) is 0 Å². The zero-order chi connectivity index (χ0) is 17.3. The van der Waals surface area contributed by atoms with Crippen molar-refractivity contribution in [2.24, 2.45) is 5.92 Å². The second kappa shape index (κ2) is 5.47. The molecular weight excluding hydrogens is 346 g/mol. The van der Waals surface area contributed by atoms with Gasteiger partial charge in [-0.3, -0.25) is 4.90 Å².